The zero-order valence-electron chi connectivity index (χ0n) is 7.06. The Balaban J connectivity index is 2.90. The molecule has 0 aliphatic carbocycles. The first-order valence-corrected chi connectivity index (χ1v) is 3.86. The number of halogens is 3. The van der Waals surface area contributed by atoms with E-state index in [0.29, 0.717) is 6.42 Å². The summed E-state index contributed by atoms with van der Waals surface area (Å²) < 4.78 is 40.3. The molecule has 1 aromatic rings. The predicted octanol–water partition coefficient (Wildman–Crippen LogP) is 2.99. The third kappa shape index (κ3) is 2.65. The van der Waals surface area contributed by atoms with Crippen molar-refractivity contribution in [3.05, 3.63) is 29.6 Å². The second-order valence-corrected chi connectivity index (χ2v) is 2.50. The average molecular weight is 190 g/mol. The van der Waals surface area contributed by atoms with E-state index in [4.69, 9.17) is 0 Å². The number of rotatable bonds is 3. The van der Waals surface area contributed by atoms with Crippen LogP contribution in [0.4, 0.5) is 13.2 Å². The largest absolute Gasteiger partial charge is 0.432 e. The quantitative estimate of drug-likeness (QED) is 0.711. The van der Waals surface area contributed by atoms with Crippen LogP contribution in [0.3, 0.4) is 0 Å². The molecule has 0 bridgehead atoms. The number of benzene rings is 1. The van der Waals surface area contributed by atoms with Crippen LogP contribution in [0.25, 0.3) is 0 Å². The third-order valence-corrected chi connectivity index (χ3v) is 1.62. The van der Waals surface area contributed by atoms with Crippen LogP contribution in [0.2, 0.25) is 0 Å². The van der Waals surface area contributed by atoms with Gasteiger partial charge in [0.15, 0.2) is 11.6 Å². The lowest BCUT2D eigenvalue weighted by atomic mass is 10.1. The van der Waals surface area contributed by atoms with Gasteiger partial charge < -0.3 is 4.74 Å². The summed E-state index contributed by atoms with van der Waals surface area (Å²) in [7, 11) is 0. The molecule has 1 aromatic carbocycles. The molecule has 72 valence electrons. The summed E-state index contributed by atoms with van der Waals surface area (Å²) in [5.41, 5.74) is 0.761. The minimum atomic E-state index is -2.98. The van der Waals surface area contributed by atoms with Crippen molar-refractivity contribution in [2.24, 2.45) is 0 Å². The second kappa shape index (κ2) is 4.16. The number of aryl methyl sites for hydroxylation is 1. The van der Waals surface area contributed by atoms with Crippen LogP contribution in [-0.4, -0.2) is 6.61 Å². The molecule has 0 aromatic heterocycles. The van der Waals surface area contributed by atoms with Gasteiger partial charge in [-0.1, -0.05) is 13.0 Å². The lowest BCUT2D eigenvalue weighted by molar-refractivity contribution is -0.0522. The Morgan fingerprint density at radius 1 is 1.38 bits per heavy atom. The molecular formula is C9H9F3O. The van der Waals surface area contributed by atoms with Gasteiger partial charge in [-0.2, -0.15) is 8.78 Å². The molecule has 0 atom stereocenters. The fourth-order valence-electron chi connectivity index (χ4n) is 0.954. The van der Waals surface area contributed by atoms with Crippen molar-refractivity contribution in [2.45, 2.75) is 20.0 Å². The van der Waals surface area contributed by atoms with Crippen LogP contribution in [0.5, 0.6) is 5.75 Å². The van der Waals surface area contributed by atoms with Crippen LogP contribution in [0.1, 0.15) is 12.5 Å². The molecule has 0 saturated carbocycles. The maximum absolute atomic E-state index is 12.8. The molecule has 0 unspecified atom stereocenters. The SMILES string of the molecule is CCc1ccc(F)c(OC(F)F)c1. The van der Waals surface area contributed by atoms with Crippen LogP contribution < -0.4 is 4.74 Å². The normalized spacial score (nSPS) is 10.5. The smallest absolute Gasteiger partial charge is 0.387 e. The fourth-order valence-corrected chi connectivity index (χ4v) is 0.954. The van der Waals surface area contributed by atoms with Gasteiger partial charge in [-0.25, -0.2) is 4.39 Å². The molecule has 1 rings (SSSR count). The Morgan fingerprint density at radius 2 is 2.08 bits per heavy atom. The van der Waals surface area contributed by atoms with Crippen LogP contribution in [0.15, 0.2) is 18.2 Å². The van der Waals surface area contributed by atoms with Crippen molar-refractivity contribution in [1.82, 2.24) is 0 Å². The minimum Gasteiger partial charge on any atom is -0.432 e. The molecule has 0 saturated heterocycles. The number of hydrogen-bond donors (Lipinski definition) is 0. The highest BCUT2D eigenvalue weighted by atomic mass is 19.3. The van der Waals surface area contributed by atoms with E-state index < -0.39 is 18.2 Å². The number of alkyl halides is 2. The first kappa shape index (κ1) is 9.89. The first-order chi connectivity index (χ1) is 6.13. The zero-order chi connectivity index (χ0) is 9.84. The van der Waals surface area contributed by atoms with E-state index in [1.165, 1.54) is 12.1 Å². The van der Waals surface area contributed by atoms with Gasteiger partial charge in [0.2, 0.25) is 0 Å². The summed E-state index contributed by atoms with van der Waals surface area (Å²) in [6.45, 7) is -1.14. The van der Waals surface area contributed by atoms with Crippen LogP contribution >= 0.6 is 0 Å². The topological polar surface area (TPSA) is 9.23 Å². The lowest BCUT2D eigenvalue weighted by Gasteiger charge is -2.06. The highest BCUT2D eigenvalue weighted by molar-refractivity contribution is 5.30. The molecule has 0 amide bonds. The van der Waals surface area contributed by atoms with E-state index in [2.05, 4.69) is 4.74 Å². The Bertz CT molecular complexity index is 286. The van der Waals surface area contributed by atoms with Gasteiger partial charge in [0.25, 0.3) is 0 Å². The highest BCUT2D eigenvalue weighted by Gasteiger charge is 2.09. The summed E-state index contributed by atoms with van der Waals surface area (Å²) in [6.07, 6.45) is 0.653. The van der Waals surface area contributed by atoms with Crippen molar-refractivity contribution in [3.63, 3.8) is 0 Å². The molecule has 0 fully saturated rings. The van der Waals surface area contributed by atoms with E-state index >= 15 is 0 Å². The summed E-state index contributed by atoms with van der Waals surface area (Å²) >= 11 is 0. The van der Waals surface area contributed by atoms with Crippen LogP contribution in [-0.2, 0) is 6.42 Å². The minimum absolute atomic E-state index is 0.394. The summed E-state index contributed by atoms with van der Waals surface area (Å²) in [5.74, 6) is -1.16. The monoisotopic (exact) mass is 190 g/mol. The van der Waals surface area contributed by atoms with Crippen LogP contribution in [0, 0.1) is 5.82 Å². The molecule has 1 nitrogen and oxygen atoms in total. The van der Waals surface area contributed by atoms with Crippen molar-refractivity contribution in [1.29, 1.82) is 0 Å². The molecule has 0 aliphatic heterocycles. The highest BCUT2D eigenvalue weighted by Crippen LogP contribution is 2.20. The van der Waals surface area contributed by atoms with Crippen molar-refractivity contribution in [2.75, 3.05) is 0 Å². The van der Waals surface area contributed by atoms with E-state index in [0.717, 1.165) is 11.6 Å². The lowest BCUT2D eigenvalue weighted by Crippen LogP contribution is -2.04. The summed E-state index contributed by atoms with van der Waals surface area (Å²) in [5, 5.41) is 0. The molecule has 0 heterocycles. The fraction of sp³-hybridized carbons (Fsp3) is 0.333. The van der Waals surface area contributed by atoms with E-state index in [1.54, 1.807) is 0 Å². The van der Waals surface area contributed by atoms with Gasteiger partial charge in [-0.05, 0) is 24.1 Å². The number of hydrogen-bond acceptors (Lipinski definition) is 1. The first-order valence-electron chi connectivity index (χ1n) is 3.86. The second-order valence-electron chi connectivity index (χ2n) is 2.50. The molecule has 0 spiro atoms. The van der Waals surface area contributed by atoms with E-state index in [9.17, 15) is 13.2 Å². The Kier molecular flexibility index (Phi) is 3.17. The molecular weight excluding hydrogens is 181 g/mol. The van der Waals surface area contributed by atoms with Gasteiger partial charge in [0, 0.05) is 0 Å². The van der Waals surface area contributed by atoms with Crippen molar-refractivity contribution < 1.29 is 17.9 Å². The van der Waals surface area contributed by atoms with Gasteiger partial charge in [0.1, 0.15) is 0 Å². The predicted molar refractivity (Wildman–Crippen MR) is 42.4 cm³/mol. The summed E-state index contributed by atoms with van der Waals surface area (Å²) in [6, 6.07) is 3.94. The average Bonchev–Trinajstić information content (AvgIpc) is 2.08. The third-order valence-electron chi connectivity index (χ3n) is 1.62. The van der Waals surface area contributed by atoms with Crippen molar-refractivity contribution in [3.8, 4) is 5.75 Å². The Hall–Kier alpha value is -1.19. The Morgan fingerprint density at radius 3 is 2.62 bits per heavy atom. The van der Waals surface area contributed by atoms with E-state index in [-0.39, 0.29) is 0 Å². The molecule has 0 radical (unpaired) electrons. The van der Waals surface area contributed by atoms with Gasteiger partial charge in [-0.15, -0.1) is 0 Å². The van der Waals surface area contributed by atoms with Gasteiger partial charge in [-0.3, -0.25) is 0 Å². The van der Waals surface area contributed by atoms with Gasteiger partial charge in [0.05, 0.1) is 0 Å². The molecule has 4 heteroatoms. The van der Waals surface area contributed by atoms with E-state index in [1.807, 2.05) is 6.92 Å². The standard InChI is InChI=1S/C9H9F3O/c1-2-6-3-4-7(10)8(5-6)13-9(11)12/h3-5,9H,2H2,1H3. The Labute approximate surface area is 74.1 Å². The molecule has 13 heavy (non-hydrogen) atoms. The zero-order valence-corrected chi connectivity index (χ0v) is 7.06. The molecule has 0 aliphatic rings. The summed E-state index contributed by atoms with van der Waals surface area (Å²) in [4.78, 5) is 0. The maximum Gasteiger partial charge on any atom is 0.387 e. The molecule has 0 N–H and O–H groups in total. The maximum atomic E-state index is 12.8. The number of ether oxygens (including phenoxy) is 1. The van der Waals surface area contributed by atoms with Crippen molar-refractivity contribution >= 4 is 0 Å². The van der Waals surface area contributed by atoms with Gasteiger partial charge >= 0.3 is 6.61 Å².